The van der Waals surface area contributed by atoms with Crippen LogP contribution in [0.25, 0.3) is 9.78 Å². The molecular formula is C19H20N4OSe. The van der Waals surface area contributed by atoms with E-state index in [1.807, 2.05) is 6.07 Å². The number of nitrogens with zero attached hydrogens (tertiary/aromatic N) is 3. The van der Waals surface area contributed by atoms with Crippen LogP contribution in [0.5, 0.6) is 0 Å². The molecule has 0 aliphatic heterocycles. The Balaban J connectivity index is 1.81. The van der Waals surface area contributed by atoms with Gasteiger partial charge in [-0.1, -0.05) is 0 Å². The minimum atomic E-state index is -0.151. The average molecular weight is 399 g/mol. The normalized spacial score (nSPS) is 14.3. The van der Waals surface area contributed by atoms with Crippen LogP contribution < -0.4 is 5.32 Å². The molecule has 0 saturated carbocycles. The van der Waals surface area contributed by atoms with E-state index in [9.17, 15) is 5.26 Å². The Labute approximate surface area is 152 Å². The Kier molecular flexibility index (Phi) is 3.94. The van der Waals surface area contributed by atoms with E-state index in [1.165, 1.54) is 24.8 Å². The predicted molar refractivity (Wildman–Crippen MR) is 98.5 cm³/mol. The quantitative estimate of drug-likeness (QED) is 0.658. The van der Waals surface area contributed by atoms with Gasteiger partial charge in [-0.05, 0) is 0 Å². The molecule has 0 aromatic carbocycles. The zero-order chi connectivity index (χ0) is 17.6. The molecule has 1 aliphatic rings. The molecule has 3 aromatic rings. The van der Waals surface area contributed by atoms with Crippen molar-refractivity contribution in [2.45, 2.75) is 51.9 Å². The van der Waals surface area contributed by atoms with Crippen molar-refractivity contribution in [3.05, 3.63) is 33.7 Å². The van der Waals surface area contributed by atoms with Gasteiger partial charge in [0, 0.05) is 0 Å². The molecule has 0 bridgehead atoms. The van der Waals surface area contributed by atoms with Gasteiger partial charge in [0.1, 0.15) is 0 Å². The molecule has 0 atom stereocenters. The summed E-state index contributed by atoms with van der Waals surface area (Å²) in [5.74, 6) is 2.04. The number of furan rings is 1. The van der Waals surface area contributed by atoms with E-state index < -0.39 is 0 Å². The van der Waals surface area contributed by atoms with Crippen LogP contribution in [0.1, 0.15) is 54.9 Å². The van der Waals surface area contributed by atoms with Crippen molar-refractivity contribution in [3.63, 3.8) is 0 Å². The second-order valence-corrected chi connectivity index (χ2v) is 9.73. The van der Waals surface area contributed by atoms with Crippen LogP contribution in [0.4, 0.5) is 11.7 Å². The molecule has 0 unspecified atom stereocenters. The van der Waals surface area contributed by atoms with Gasteiger partial charge >= 0.3 is 153 Å². The summed E-state index contributed by atoms with van der Waals surface area (Å²) in [7, 11) is 0. The van der Waals surface area contributed by atoms with E-state index in [1.54, 1.807) is 10.8 Å². The number of fused-ring (bicyclic) bond motifs is 3. The molecule has 1 N–H and O–H groups in total. The molecule has 5 nitrogen and oxygen atoms in total. The summed E-state index contributed by atoms with van der Waals surface area (Å²) in [6.07, 6.45) is 6.39. The zero-order valence-electron chi connectivity index (χ0n) is 14.6. The second-order valence-electron chi connectivity index (χ2n) is 7.45. The van der Waals surface area contributed by atoms with Crippen molar-refractivity contribution in [2.24, 2.45) is 0 Å². The molecule has 0 spiro atoms. The summed E-state index contributed by atoms with van der Waals surface area (Å²) in [5, 5.41) is 13.9. The number of nitrogens with one attached hydrogen (secondary N) is 1. The maximum atomic E-state index is 9.47. The first-order chi connectivity index (χ1) is 12.0. The number of rotatable bonds is 2. The van der Waals surface area contributed by atoms with E-state index in [4.69, 9.17) is 4.42 Å². The SMILES string of the molecule is CC(C)(C)c1cc(C#N)c(Nc2ncnc3[se]c4c(c23)CCCC4)o1. The number of aryl methyl sites for hydroxylation is 2. The van der Waals surface area contributed by atoms with Gasteiger partial charge in [-0.2, -0.15) is 0 Å². The van der Waals surface area contributed by atoms with Gasteiger partial charge < -0.3 is 0 Å². The number of hydrogen-bond acceptors (Lipinski definition) is 5. The molecule has 4 rings (SSSR count). The van der Waals surface area contributed by atoms with Crippen LogP contribution in [0.15, 0.2) is 16.8 Å². The van der Waals surface area contributed by atoms with E-state index in [-0.39, 0.29) is 5.41 Å². The number of hydrogen-bond donors (Lipinski definition) is 1. The summed E-state index contributed by atoms with van der Waals surface area (Å²) in [6, 6.07) is 4.04. The molecule has 3 heterocycles. The van der Waals surface area contributed by atoms with Crippen molar-refractivity contribution >= 4 is 36.0 Å². The van der Waals surface area contributed by atoms with Crippen molar-refractivity contribution in [1.82, 2.24) is 9.97 Å². The Morgan fingerprint density at radius 2 is 2.04 bits per heavy atom. The molecule has 6 heteroatoms. The topological polar surface area (TPSA) is 74.7 Å². The number of aromatic nitrogens is 2. The van der Waals surface area contributed by atoms with E-state index in [0.29, 0.717) is 26.0 Å². The van der Waals surface area contributed by atoms with Gasteiger partial charge in [-0.3, -0.25) is 0 Å². The van der Waals surface area contributed by atoms with Crippen LogP contribution in [0.3, 0.4) is 0 Å². The summed E-state index contributed by atoms with van der Waals surface area (Å²) in [6.45, 7) is 6.21. The number of anilines is 2. The van der Waals surface area contributed by atoms with Gasteiger partial charge in [0.15, 0.2) is 0 Å². The molecular weight excluding hydrogens is 379 g/mol. The number of nitriles is 1. The molecule has 3 aromatic heterocycles. The van der Waals surface area contributed by atoms with Crippen molar-refractivity contribution in [1.29, 1.82) is 5.26 Å². The van der Waals surface area contributed by atoms with Gasteiger partial charge in [-0.25, -0.2) is 0 Å². The van der Waals surface area contributed by atoms with Crippen molar-refractivity contribution in [3.8, 4) is 6.07 Å². The summed E-state index contributed by atoms with van der Waals surface area (Å²) in [5.41, 5.74) is 1.78. The van der Waals surface area contributed by atoms with E-state index >= 15 is 0 Å². The van der Waals surface area contributed by atoms with Gasteiger partial charge in [0.05, 0.1) is 0 Å². The molecule has 0 saturated heterocycles. The van der Waals surface area contributed by atoms with E-state index in [0.717, 1.165) is 27.8 Å². The first-order valence-corrected chi connectivity index (χ1v) is 10.3. The summed E-state index contributed by atoms with van der Waals surface area (Å²) in [4.78, 5) is 8.98. The standard InChI is InChI=1S/C19H20N4OSe/c1-19(2,3)14-8-11(9-20)17(24-14)23-16-15-12-6-4-5-7-13(12)25-18(15)22-10-21-16/h8,10H,4-7H2,1-3H3,(H,21,22,23). The Morgan fingerprint density at radius 1 is 1.24 bits per heavy atom. The molecule has 1 aliphatic carbocycles. The first kappa shape index (κ1) is 16.4. The fraction of sp³-hybridized carbons (Fsp3) is 0.421. The third-order valence-electron chi connectivity index (χ3n) is 4.58. The van der Waals surface area contributed by atoms with Gasteiger partial charge in [-0.15, -0.1) is 0 Å². The third kappa shape index (κ3) is 2.88. The van der Waals surface area contributed by atoms with Crippen LogP contribution >= 0.6 is 0 Å². The Hall–Kier alpha value is -2.09. The Morgan fingerprint density at radius 3 is 2.80 bits per heavy atom. The molecule has 0 fully saturated rings. The van der Waals surface area contributed by atoms with Crippen LogP contribution in [0.2, 0.25) is 0 Å². The van der Waals surface area contributed by atoms with Crippen LogP contribution in [-0.4, -0.2) is 24.5 Å². The molecule has 25 heavy (non-hydrogen) atoms. The zero-order valence-corrected chi connectivity index (χ0v) is 16.4. The maximum absolute atomic E-state index is 9.47. The summed E-state index contributed by atoms with van der Waals surface area (Å²) >= 11 is 0.308. The van der Waals surface area contributed by atoms with Gasteiger partial charge in [0.25, 0.3) is 0 Å². The molecule has 128 valence electrons. The van der Waals surface area contributed by atoms with Gasteiger partial charge in [0.2, 0.25) is 0 Å². The first-order valence-electron chi connectivity index (χ1n) is 8.54. The van der Waals surface area contributed by atoms with Crippen molar-refractivity contribution < 1.29 is 4.42 Å². The minimum absolute atomic E-state index is 0.151. The average Bonchev–Trinajstić information content (AvgIpc) is 3.16. The Bertz CT molecular complexity index is 987. The molecule has 0 amide bonds. The second kappa shape index (κ2) is 6.01. The predicted octanol–water partition coefficient (Wildman–Crippen LogP) is 4.07. The summed E-state index contributed by atoms with van der Waals surface area (Å²) < 4.78 is 8.68. The monoisotopic (exact) mass is 400 g/mol. The fourth-order valence-corrected chi connectivity index (χ4v) is 5.81. The van der Waals surface area contributed by atoms with Crippen LogP contribution in [-0.2, 0) is 18.3 Å². The third-order valence-corrected chi connectivity index (χ3v) is 7.09. The van der Waals surface area contributed by atoms with Crippen molar-refractivity contribution in [2.75, 3.05) is 5.32 Å². The molecule has 0 radical (unpaired) electrons. The fourth-order valence-electron chi connectivity index (χ4n) is 3.23. The van der Waals surface area contributed by atoms with E-state index in [2.05, 4.69) is 42.1 Å². The van der Waals surface area contributed by atoms with Crippen LogP contribution in [0, 0.1) is 11.3 Å².